The summed E-state index contributed by atoms with van der Waals surface area (Å²) in [6.07, 6.45) is 6.64. The molecule has 0 atom stereocenters. The molecule has 84 valence electrons. The number of aromatic nitrogens is 3. The molecule has 1 aliphatic rings. The maximum atomic E-state index is 5.45. The number of hydrogen-bond donors (Lipinski definition) is 3. The first-order valence-corrected chi connectivity index (χ1v) is 5.60. The SMILES string of the molecule is CC1(CNc2n[nH]c(N)n2)CCCCC1. The van der Waals surface area contributed by atoms with Crippen LogP contribution in [0.3, 0.4) is 0 Å². The maximum Gasteiger partial charge on any atom is 0.243 e. The summed E-state index contributed by atoms with van der Waals surface area (Å²) in [6.45, 7) is 3.26. The third-order valence-corrected chi connectivity index (χ3v) is 3.24. The van der Waals surface area contributed by atoms with Gasteiger partial charge in [0.05, 0.1) is 0 Å². The van der Waals surface area contributed by atoms with Crippen molar-refractivity contribution in [3.05, 3.63) is 0 Å². The molecule has 1 saturated carbocycles. The number of nitrogens with one attached hydrogen (secondary N) is 2. The van der Waals surface area contributed by atoms with E-state index in [1.165, 1.54) is 32.1 Å². The van der Waals surface area contributed by atoms with Crippen LogP contribution < -0.4 is 11.1 Å². The minimum atomic E-state index is 0.367. The molecular weight excluding hydrogens is 190 g/mol. The van der Waals surface area contributed by atoms with Gasteiger partial charge < -0.3 is 11.1 Å². The summed E-state index contributed by atoms with van der Waals surface area (Å²) >= 11 is 0. The molecule has 0 unspecified atom stereocenters. The molecule has 0 amide bonds. The van der Waals surface area contributed by atoms with Crippen LogP contribution in [0, 0.1) is 5.41 Å². The first kappa shape index (κ1) is 10.3. The third-order valence-electron chi connectivity index (χ3n) is 3.24. The largest absolute Gasteiger partial charge is 0.368 e. The van der Waals surface area contributed by atoms with Crippen LogP contribution in [-0.4, -0.2) is 21.7 Å². The quantitative estimate of drug-likeness (QED) is 0.708. The number of nitrogen functional groups attached to an aromatic ring is 1. The van der Waals surface area contributed by atoms with Gasteiger partial charge in [-0.15, -0.1) is 5.10 Å². The Morgan fingerprint density at radius 1 is 1.40 bits per heavy atom. The summed E-state index contributed by atoms with van der Waals surface area (Å²) in [5.41, 5.74) is 5.85. The molecule has 1 fully saturated rings. The minimum Gasteiger partial charge on any atom is -0.368 e. The van der Waals surface area contributed by atoms with E-state index in [0.29, 0.717) is 17.3 Å². The second-order valence-electron chi connectivity index (χ2n) is 4.77. The Hall–Kier alpha value is -1.26. The normalized spacial score (nSPS) is 20.1. The molecule has 0 spiro atoms. The first-order chi connectivity index (χ1) is 7.18. The monoisotopic (exact) mass is 209 g/mol. The highest BCUT2D eigenvalue weighted by Gasteiger charge is 2.26. The van der Waals surface area contributed by atoms with E-state index >= 15 is 0 Å². The average Bonchev–Trinajstić information content (AvgIpc) is 2.63. The number of rotatable bonds is 3. The summed E-state index contributed by atoms with van der Waals surface area (Å²) in [5, 5.41) is 9.82. The van der Waals surface area contributed by atoms with Gasteiger partial charge in [0.1, 0.15) is 0 Å². The van der Waals surface area contributed by atoms with Crippen LogP contribution in [0.5, 0.6) is 0 Å². The number of hydrogen-bond acceptors (Lipinski definition) is 4. The van der Waals surface area contributed by atoms with Crippen LogP contribution >= 0.6 is 0 Å². The smallest absolute Gasteiger partial charge is 0.243 e. The molecule has 5 heteroatoms. The van der Waals surface area contributed by atoms with E-state index < -0.39 is 0 Å². The Morgan fingerprint density at radius 2 is 2.13 bits per heavy atom. The molecule has 0 radical (unpaired) electrons. The fourth-order valence-electron chi connectivity index (χ4n) is 2.23. The molecule has 1 aromatic rings. The van der Waals surface area contributed by atoms with Crippen LogP contribution in [0.4, 0.5) is 11.9 Å². The molecule has 15 heavy (non-hydrogen) atoms. The van der Waals surface area contributed by atoms with E-state index in [1.54, 1.807) is 0 Å². The predicted octanol–water partition coefficient (Wildman–Crippen LogP) is 1.77. The van der Waals surface area contributed by atoms with E-state index in [1.807, 2.05) is 0 Å². The van der Waals surface area contributed by atoms with E-state index in [2.05, 4.69) is 27.4 Å². The lowest BCUT2D eigenvalue weighted by molar-refractivity contribution is 0.233. The summed E-state index contributed by atoms with van der Waals surface area (Å²) in [6, 6.07) is 0. The van der Waals surface area contributed by atoms with Crippen molar-refractivity contribution in [2.75, 3.05) is 17.6 Å². The van der Waals surface area contributed by atoms with Crippen molar-refractivity contribution in [3.8, 4) is 0 Å². The number of nitrogens with two attached hydrogens (primary N) is 1. The van der Waals surface area contributed by atoms with Gasteiger partial charge in [-0.25, -0.2) is 5.10 Å². The second-order valence-corrected chi connectivity index (χ2v) is 4.77. The fraction of sp³-hybridized carbons (Fsp3) is 0.800. The number of anilines is 2. The zero-order valence-electron chi connectivity index (χ0n) is 9.21. The van der Waals surface area contributed by atoms with E-state index in [0.717, 1.165) is 6.54 Å². The van der Waals surface area contributed by atoms with E-state index in [9.17, 15) is 0 Å². The predicted molar refractivity (Wildman–Crippen MR) is 60.5 cm³/mol. The van der Waals surface area contributed by atoms with Crippen molar-refractivity contribution in [1.29, 1.82) is 0 Å². The van der Waals surface area contributed by atoms with Crippen molar-refractivity contribution in [2.45, 2.75) is 39.0 Å². The second kappa shape index (κ2) is 4.08. The highest BCUT2D eigenvalue weighted by atomic mass is 15.3. The Labute approximate surface area is 89.9 Å². The highest BCUT2D eigenvalue weighted by molar-refractivity contribution is 5.29. The number of nitrogens with zero attached hydrogens (tertiary/aromatic N) is 2. The average molecular weight is 209 g/mol. The maximum absolute atomic E-state index is 5.45. The summed E-state index contributed by atoms with van der Waals surface area (Å²) in [5.74, 6) is 0.977. The zero-order chi connectivity index (χ0) is 10.7. The standard InChI is InChI=1S/C10H19N5/c1-10(5-3-2-4-6-10)7-12-9-13-8(11)14-15-9/h2-7H2,1H3,(H4,11,12,13,14,15). The van der Waals surface area contributed by atoms with Crippen LogP contribution in [0.15, 0.2) is 0 Å². The lowest BCUT2D eigenvalue weighted by Gasteiger charge is -2.33. The van der Waals surface area contributed by atoms with Crippen molar-refractivity contribution < 1.29 is 0 Å². The van der Waals surface area contributed by atoms with Gasteiger partial charge in [-0.1, -0.05) is 26.2 Å². The number of aromatic amines is 1. The molecule has 0 bridgehead atoms. The third kappa shape index (κ3) is 2.61. The topological polar surface area (TPSA) is 79.6 Å². The Morgan fingerprint density at radius 3 is 2.73 bits per heavy atom. The van der Waals surface area contributed by atoms with Crippen molar-refractivity contribution in [1.82, 2.24) is 15.2 Å². The van der Waals surface area contributed by atoms with Gasteiger partial charge in [0, 0.05) is 6.54 Å². The Bertz CT molecular complexity index is 313. The Balaban J connectivity index is 1.86. The molecule has 5 nitrogen and oxygen atoms in total. The molecule has 2 rings (SSSR count). The molecule has 0 aromatic carbocycles. The minimum absolute atomic E-state index is 0.367. The fourth-order valence-corrected chi connectivity index (χ4v) is 2.23. The van der Waals surface area contributed by atoms with Crippen molar-refractivity contribution >= 4 is 11.9 Å². The summed E-state index contributed by atoms with van der Waals surface area (Å²) in [7, 11) is 0. The lowest BCUT2D eigenvalue weighted by atomic mass is 9.76. The lowest BCUT2D eigenvalue weighted by Crippen LogP contribution is -2.29. The van der Waals surface area contributed by atoms with E-state index in [-0.39, 0.29) is 0 Å². The molecule has 0 aliphatic heterocycles. The van der Waals surface area contributed by atoms with Gasteiger partial charge in [0.15, 0.2) is 0 Å². The van der Waals surface area contributed by atoms with Crippen molar-refractivity contribution in [2.24, 2.45) is 5.41 Å². The van der Waals surface area contributed by atoms with Gasteiger partial charge in [-0.3, -0.25) is 0 Å². The van der Waals surface area contributed by atoms with Gasteiger partial charge in [-0.05, 0) is 18.3 Å². The molecule has 1 aromatic heterocycles. The summed E-state index contributed by atoms with van der Waals surface area (Å²) in [4.78, 5) is 4.03. The van der Waals surface area contributed by atoms with Gasteiger partial charge in [0.2, 0.25) is 11.9 Å². The highest BCUT2D eigenvalue weighted by Crippen LogP contribution is 2.35. The van der Waals surface area contributed by atoms with Crippen LogP contribution in [0.1, 0.15) is 39.0 Å². The Kier molecular flexibility index (Phi) is 2.79. The summed E-state index contributed by atoms with van der Waals surface area (Å²) < 4.78 is 0. The van der Waals surface area contributed by atoms with E-state index in [4.69, 9.17) is 5.73 Å². The number of H-pyrrole nitrogens is 1. The van der Waals surface area contributed by atoms with Gasteiger partial charge >= 0.3 is 0 Å². The zero-order valence-corrected chi connectivity index (χ0v) is 9.21. The van der Waals surface area contributed by atoms with Crippen LogP contribution in [0.2, 0.25) is 0 Å². The molecular formula is C10H19N5. The van der Waals surface area contributed by atoms with Crippen molar-refractivity contribution in [3.63, 3.8) is 0 Å². The first-order valence-electron chi connectivity index (χ1n) is 5.60. The van der Waals surface area contributed by atoms with Crippen LogP contribution in [0.25, 0.3) is 0 Å². The van der Waals surface area contributed by atoms with Gasteiger partial charge in [0.25, 0.3) is 0 Å². The van der Waals surface area contributed by atoms with Crippen LogP contribution in [-0.2, 0) is 0 Å². The molecule has 0 saturated heterocycles. The van der Waals surface area contributed by atoms with Gasteiger partial charge in [-0.2, -0.15) is 4.98 Å². The molecule has 1 heterocycles. The molecule has 1 aliphatic carbocycles. The molecule has 4 N–H and O–H groups in total.